The van der Waals surface area contributed by atoms with Crippen LogP contribution in [-0.2, 0) is 14.6 Å². The van der Waals surface area contributed by atoms with Crippen molar-refractivity contribution in [3.63, 3.8) is 0 Å². The molecule has 0 saturated carbocycles. The molecular formula is C11H12ClNO3S2. The Labute approximate surface area is 114 Å². The van der Waals surface area contributed by atoms with E-state index in [1.807, 2.05) is 6.92 Å². The second kappa shape index (κ2) is 5.52. The van der Waals surface area contributed by atoms with E-state index < -0.39 is 9.84 Å². The summed E-state index contributed by atoms with van der Waals surface area (Å²) >= 11 is 7.00. The molecule has 1 aromatic carbocycles. The zero-order chi connectivity index (χ0) is 13.2. The number of fused-ring (bicyclic) bond motifs is 1. The quantitative estimate of drug-likeness (QED) is 0.797. The molecule has 0 bridgehead atoms. The highest BCUT2D eigenvalue weighted by Gasteiger charge is 2.19. The summed E-state index contributed by atoms with van der Waals surface area (Å²) in [4.78, 5) is 4.11. The standard InChI is InChI=1S/C11H12ClNO3S2/c1-2-16-5-6-18(14,15)11-13-9-7-8(12)3-4-10(9)17-11/h3-4,7H,2,5-6H2,1H3. The molecule has 0 aliphatic rings. The highest BCUT2D eigenvalue weighted by molar-refractivity contribution is 7.93. The summed E-state index contributed by atoms with van der Waals surface area (Å²) in [5, 5.41) is 0.547. The molecule has 0 amide bonds. The van der Waals surface area contributed by atoms with Crippen molar-refractivity contribution in [2.24, 2.45) is 0 Å². The highest BCUT2D eigenvalue weighted by atomic mass is 35.5. The summed E-state index contributed by atoms with van der Waals surface area (Å²) < 4.78 is 30.0. The van der Waals surface area contributed by atoms with Crippen molar-refractivity contribution in [2.75, 3.05) is 19.0 Å². The van der Waals surface area contributed by atoms with Gasteiger partial charge in [-0.05, 0) is 25.1 Å². The van der Waals surface area contributed by atoms with Crippen molar-refractivity contribution >= 4 is 43.0 Å². The topological polar surface area (TPSA) is 56.3 Å². The van der Waals surface area contributed by atoms with Crippen LogP contribution in [0.1, 0.15) is 6.92 Å². The Hall–Kier alpha value is -0.690. The van der Waals surface area contributed by atoms with Crippen LogP contribution in [0.5, 0.6) is 0 Å². The molecule has 0 N–H and O–H groups in total. The molecular weight excluding hydrogens is 294 g/mol. The van der Waals surface area contributed by atoms with Crippen molar-refractivity contribution in [1.29, 1.82) is 0 Å². The van der Waals surface area contributed by atoms with Gasteiger partial charge in [0.05, 0.1) is 22.6 Å². The van der Waals surface area contributed by atoms with Crippen molar-refractivity contribution in [1.82, 2.24) is 4.98 Å². The molecule has 1 heterocycles. The molecule has 98 valence electrons. The summed E-state index contributed by atoms with van der Waals surface area (Å²) in [6, 6.07) is 5.16. The molecule has 7 heteroatoms. The molecule has 0 aliphatic carbocycles. The van der Waals surface area contributed by atoms with Crippen LogP contribution in [0.4, 0.5) is 0 Å². The number of ether oxygens (including phenoxy) is 1. The number of halogens is 1. The number of thiazole rings is 1. The van der Waals surface area contributed by atoms with Crippen LogP contribution in [-0.4, -0.2) is 32.4 Å². The Balaban J connectivity index is 2.30. The number of hydrogen-bond acceptors (Lipinski definition) is 5. The first-order chi connectivity index (χ1) is 8.53. The van der Waals surface area contributed by atoms with Gasteiger partial charge >= 0.3 is 0 Å². The van der Waals surface area contributed by atoms with Gasteiger partial charge in [-0.3, -0.25) is 0 Å². The minimum atomic E-state index is -3.37. The third-order valence-electron chi connectivity index (χ3n) is 2.30. The molecule has 0 aliphatic heterocycles. The molecule has 0 spiro atoms. The summed E-state index contributed by atoms with van der Waals surface area (Å²) in [6.45, 7) is 2.52. The van der Waals surface area contributed by atoms with Crippen molar-refractivity contribution in [3.05, 3.63) is 23.2 Å². The molecule has 0 saturated heterocycles. The lowest BCUT2D eigenvalue weighted by Gasteiger charge is -2.00. The third kappa shape index (κ3) is 3.00. The SMILES string of the molecule is CCOCCS(=O)(=O)c1nc2cc(Cl)ccc2s1. The van der Waals surface area contributed by atoms with Gasteiger partial charge in [-0.15, -0.1) is 11.3 Å². The number of hydrogen-bond donors (Lipinski definition) is 0. The van der Waals surface area contributed by atoms with Crippen LogP contribution in [0.3, 0.4) is 0 Å². The van der Waals surface area contributed by atoms with E-state index in [2.05, 4.69) is 4.98 Å². The van der Waals surface area contributed by atoms with Crippen LogP contribution in [0.15, 0.2) is 22.5 Å². The van der Waals surface area contributed by atoms with Crippen LogP contribution in [0.25, 0.3) is 10.2 Å². The van der Waals surface area contributed by atoms with Crippen molar-refractivity contribution in [2.45, 2.75) is 11.3 Å². The Morgan fingerprint density at radius 1 is 1.44 bits per heavy atom. The maximum Gasteiger partial charge on any atom is 0.210 e. The number of benzene rings is 1. The molecule has 0 atom stereocenters. The van der Waals surface area contributed by atoms with Crippen molar-refractivity contribution in [3.8, 4) is 0 Å². The average molecular weight is 306 g/mol. The Morgan fingerprint density at radius 2 is 2.22 bits per heavy atom. The van der Waals surface area contributed by atoms with E-state index in [9.17, 15) is 8.42 Å². The van der Waals surface area contributed by atoms with Gasteiger partial charge < -0.3 is 4.74 Å². The summed E-state index contributed by atoms with van der Waals surface area (Å²) in [7, 11) is -3.37. The average Bonchev–Trinajstić information content (AvgIpc) is 2.72. The fourth-order valence-corrected chi connectivity index (χ4v) is 4.03. The van der Waals surface area contributed by atoms with E-state index in [0.717, 1.165) is 16.0 Å². The molecule has 2 aromatic rings. The van der Waals surface area contributed by atoms with Crippen LogP contribution in [0.2, 0.25) is 5.02 Å². The van der Waals surface area contributed by atoms with E-state index >= 15 is 0 Å². The van der Waals surface area contributed by atoms with Gasteiger partial charge in [0, 0.05) is 11.6 Å². The Morgan fingerprint density at radius 3 is 2.94 bits per heavy atom. The number of rotatable bonds is 5. The molecule has 18 heavy (non-hydrogen) atoms. The fourth-order valence-electron chi connectivity index (χ4n) is 1.41. The number of nitrogens with zero attached hydrogens (tertiary/aromatic N) is 1. The predicted octanol–water partition coefficient (Wildman–Crippen LogP) is 2.76. The van der Waals surface area contributed by atoms with Crippen molar-refractivity contribution < 1.29 is 13.2 Å². The van der Waals surface area contributed by atoms with E-state index in [0.29, 0.717) is 17.1 Å². The smallest absolute Gasteiger partial charge is 0.210 e. The predicted molar refractivity (Wildman–Crippen MR) is 73.2 cm³/mol. The van der Waals surface area contributed by atoms with Crippen LogP contribution < -0.4 is 0 Å². The van der Waals surface area contributed by atoms with Gasteiger partial charge in [-0.2, -0.15) is 0 Å². The van der Waals surface area contributed by atoms with Gasteiger partial charge in [-0.25, -0.2) is 13.4 Å². The molecule has 0 unspecified atom stereocenters. The summed E-state index contributed by atoms with van der Waals surface area (Å²) in [5.74, 6) is -0.0472. The minimum absolute atomic E-state index is 0.0472. The van der Waals surface area contributed by atoms with Crippen LogP contribution in [0, 0.1) is 0 Å². The van der Waals surface area contributed by atoms with Gasteiger partial charge in [-0.1, -0.05) is 11.6 Å². The van der Waals surface area contributed by atoms with Gasteiger partial charge in [0.1, 0.15) is 0 Å². The second-order valence-electron chi connectivity index (χ2n) is 3.61. The first-order valence-electron chi connectivity index (χ1n) is 5.39. The highest BCUT2D eigenvalue weighted by Crippen LogP contribution is 2.28. The molecule has 0 fully saturated rings. The van der Waals surface area contributed by atoms with E-state index in [1.54, 1.807) is 18.2 Å². The lowest BCUT2D eigenvalue weighted by Crippen LogP contribution is -2.12. The minimum Gasteiger partial charge on any atom is -0.381 e. The molecule has 0 radical (unpaired) electrons. The first kappa shape index (κ1) is 13.7. The Bertz CT molecular complexity index is 651. The number of sulfone groups is 1. The second-order valence-corrected chi connectivity index (χ2v) is 7.36. The number of aromatic nitrogens is 1. The maximum absolute atomic E-state index is 12.0. The maximum atomic E-state index is 12.0. The monoisotopic (exact) mass is 305 g/mol. The molecule has 2 rings (SSSR count). The van der Waals surface area contributed by atoms with E-state index in [-0.39, 0.29) is 16.7 Å². The molecule has 4 nitrogen and oxygen atoms in total. The van der Waals surface area contributed by atoms with Gasteiger partial charge in [0.2, 0.25) is 14.2 Å². The normalized spacial score (nSPS) is 12.1. The van der Waals surface area contributed by atoms with Crippen LogP contribution >= 0.6 is 22.9 Å². The zero-order valence-electron chi connectivity index (χ0n) is 9.72. The van der Waals surface area contributed by atoms with E-state index in [1.165, 1.54) is 0 Å². The first-order valence-corrected chi connectivity index (χ1v) is 8.24. The fraction of sp³-hybridized carbons (Fsp3) is 0.364. The molecule has 1 aromatic heterocycles. The van der Waals surface area contributed by atoms with Gasteiger partial charge in [0.15, 0.2) is 0 Å². The lowest BCUT2D eigenvalue weighted by atomic mass is 10.3. The van der Waals surface area contributed by atoms with Gasteiger partial charge in [0.25, 0.3) is 0 Å². The largest absolute Gasteiger partial charge is 0.381 e. The third-order valence-corrected chi connectivity index (χ3v) is 5.70. The Kier molecular flexibility index (Phi) is 4.21. The van der Waals surface area contributed by atoms with E-state index in [4.69, 9.17) is 16.3 Å². The summed E-state index contributed by atoms with van der Waals surface area (Å²) in [5.41, 5.74) is 0.613. The zero-order valence-corrected chi connectivity index (χ0v) is 12.1. The lowest BCUT2D eigenvalue weighted by molar-refractivity contribution is 0.163. The summed E-state index contributed by atoms with van der Waals surface area (Å²) in [6.07, 6.45) is 0.